The Morgan fingerprint density at radius 1 is 1.06 bits per heavy atom. The number of esters is 2. The number of hydrogen-bond acceptors (Lipinski definition) is 9. The predicted octanol–water partition coefficient (Wildman–Crippen LogP) is 0.860. The number of carbonyl (C=O) groups is 2. The molecule has 0 radical (unpaired) electrons. The van der Waals surface area contributed by atoms with Crippen molar-refractivity contribution in [3.8, 4) is 0 Å². The Morgan fingerprint density at radius 2 is 1.69 bits per heavy atom. The third-order valence-corrected chi connectivity index (χ3v) is 9.81. The van der Waals surface area contributed by atoms with Crippen molar-refractivity contribution in [3.63, 3.8) is 0 Å². The van der Waals surface area contributed by atoms with Gasteiger partial charge in [0.15, 0.2) is 5.60 Å². The number of carbonyl (C=O) groups excluding carboxylic acids is 2. The van der Waals surface area contributed by atoms with Crippen LogP contribution in [-0.2, 0) is 14.3 Å². The Hall–Kier alpha value is -2.30. The maximum atomic E-state index is 13.6. The summed E-state index contributed by atoms with van der Waals surface area (Å²) in [6.45, 7) is 5.90. The first-order valence-electron chi connectivity index (χ1n) is 12.3. The van der Waals surface area contributed by atoms with E-state index in [2.05, 4.69) is 0 Å². The van der Waals surface area contributed by atoms with E-state index in [4.69, 9.17) is 9.47 Å². The van der Waals surface area contributed by atoms with E-state index in [1.807, 2.05) is 0 Å². The van der Waals surface area contributed by atoms with E-state index in [1.54, 1.807) is 51.1 Å². The topological polar surface area (TPSA) is 154 Å². The van der Waals surface area contributed by atoms with E-state index in [1.165, 1.54) is 6.92 Å². The van der Waals surface area contributed by atoms with Crippen molar-refractivity contribution >= 4 is 11.9 Å². The van der Waals surface area contributed by atoms with Crippen molar-refractivity contribution in [3.05, 3.63) is 47.0 Å². The van der Waals surface area contributed by atoms with Crippen molar-refractivity contribution in [2.45, 2.75) is 82.1 Å². The minimum Gasteiger partial charge on any atom is -0.459 e. The zero-order chi connectivity index (χ0) is 26.5. The van der Waals surface area contributed by atoms with E-state index in [0.29, 0.717) is 11.1 Å². The van der Waals surface area contributed by atoms with Crippen molar-refractivity contribution in [2.75, 3.05) is 6.61 Å². The van der Waals surface area contributed by atoms with Crippen LogP contribution in [0.25, 0.3) is 0 Å². The molecule has 4 aliphatic rings. The first-order valence-corrected chi connectivity index (χ1v) is 12.3. The van der Waals surface area contributed by atoms with E-state index in [9.17, 15) is 35.1 Å². The molecule has 1 aromatic rings. The predicted molar refractivity (Wildman–Crippen MR) is 125 cm³/mol. The number of aliphatic hydroxyl groups is 5. The third kappa shape index (κ3) is 2.78. The first kappa shape index (κ1) is 25.4. The molecule has 0 spiro atoms. The third-order valence-electron chi connectivity index (χ3n) is 9.81. The second-order valence-electron chi connectivity index (χ2n) is 11.7. The molecule has 196 valence electrons. The number of ether oxygens (including phenoxy) is 2. The molecule has 1 aromatic carbocycles. The normalized spacial score (nSPS) is 45.0. The summed E-state index contributed by atoms with van der Waals surface area (Å²) in [7, 11) is 0. The van der Waals surface area contributed by atoms with E-state index in [0.717, 1.165) is 0 Å². The fourth-order valence-electron chi connectivity index (χ4n) is 7.80. The highest BCUT2D eigenvalue weighted by Crippen LogP contribution is 2.73. The second-order valence-corrected chi connectivity index (χ2v) is 11.7. The van der Waals surface area contributed by atoms with Gasteiger partial charge in [-0.25, -0.2) is 9.59 Å². The molecule has 9 nitrogen and oxygen atoms in total. The number of cyclic esters (lactones) is 1. The van der Waals surface area contributed by atoms with Gasteiger partial charge in [0, 0.05) is 17.8 Å². The van der Waals surface area contributed by atoms with Crippen LogP contribution in [0.3, 0.4) is 0 Å². The Morgan fingerprint density at radius 3 is 2.33 bits per heavy atom. The van der Waals surface area contributed by atoms with Crippen LogP contribution < -0.4 is 0 Å². The number of aliphatic hydroxyl groups excluding tert-OH is 3. The minimum absolute atomic E-state index is 0.0204. The van der Waals surface area contributed by atoms with Gasteiger partial charge in [0.2, 0.25) is 0 Å². The lowest BCUT2D eigenvalue weighted by Gasteiger charge is -2.70. The number of fused-ring (bicyclic) bond motifs is 2. The summed E-state index contributed by atoms with van der Waals surface area (Å²) in [6.07, 6.45) is -4.18. The molecule has 8 atom stereocenters. The standard InChI is InChI=1S/C27H34O9/c1-14-10-18(29)25-12-16-24(4,27(34,20(14)25)22(32)36-23(25,2)3)17(28)11-19(30)26(16,33)13-35-21(31)15-8-6-5-7-9-15/h5-9,16-19,28-30,33-34H,10-13H2,1-4H3/t16-,17-,18+,19-,24-,25-,26+,27+/m0/s1. The zero-order valence-corrected chi connectivity index (χ0v) is 20.9. The number of rotatable bonds is 3. The van der Waals surface area contributed by atoms with E-state index < -0.39 is 70.4 Å². The molecule has 3 fully saturated rings. The van der Waals surface area contributed by atoms with Crippen molar-refractivity contribution in [1.82, 2.24) is 0 Å². The lowest BCUT2D eigenvalue weighted by atomic mass is 9.38. The fourth-order valence-corrected chi connectivity index (χ4v) is 7.80. The first-order chi connectivity index (χ1) is 16.7. The molecule has 36 heavy (non-hydrogen) atoms. The Kier molecular flexibility index (Phi) is 5.36. The average molecular weight is 503 g/mol. The molecular weight excluding hydrogens is 468 g/mol. The second kappa shape index (κ2) is 7.61. The fraction of sp³-hybridized carbons (Fsp3) is 0.630. The van der Waals surface area contributed by atoms with Crippen molar-refractivity contribution in [1.29, 1.82) is 0 Å². The summed E-state index contributed by atoms with van der Waals surface area (Å²) in [4.78, 5) is 26.2. The van der Waals surface area contributed by atoms with Crippen LogP contribution in [0.4, 0.5) is 0 Å². The van der Waals surface area contributed by atoms with Gasteiger partial charge < -0.3 is 35.0 Å². The molecule has 3 aliphatic carbocycles. The van der Waals surface area contributed by atoms with Gasteiger partial charge in [0.1, 0.15) is 17.8 Å². The maximum Gasteiger partial charge on any atom is 0.343 e. The highest BCUT2D eigenvalue weighted by molar-refractivity contribution is 5.90. The van der Waals surface area contributed by atoms with Gasteiger partial charge in [-0.15, -0.1) is 0 Å². The highest BCUT2D eigenvalue weighted by Gasteiger charge is 2.82. The summed E-state index contributed by atoms with van der Waals surface area (Å²) >= 11 is 0. The number of hydrogen-bond donors (Lipinski definition) is 5. The average Bonchev–Trinajstić information content (AvgIpc) is 3.09. The summed E-state index contributed by atoms with van der Waals surface area (Å²) in [5.41, 5.74) is -7.55. The van der Waals surface area contributed by atoms with Crippen molar-refractivity contribution < 1.29 is 44.6 Å². The van der Waals surface area contributed by atoms with Crippen LogP contribution in [0.15, 0.2) is 41.5 Å². The van der Waals surface area contributed by atoms with Gasteiger partial charge in [-0.05, 0) is 51.3 Å². The largest absolute Gasteiger partial charge is 0.459 e. The zero-order valence-electron chi connectivity index (χ0n) is 20.9. The van der Waals surface area contributed by atoms with Crippen molar-refractivity contribution in [2.24, 2.45) is 16.7 Å². The summed E-state index contributed by atoms with van der Waals surface area (Å²) in [5, 5.41) is 57.9. The Labute approximate surface area is 209 Å². The van der Waals surface area contributed by atoms with Crippen LogP contribution >= 0.6 is 0 Å². The molecule has 0 unspecified atom stereocenters. The smallest absolute Gasteiger partial charge is 0.343 e. The lowest BCUT2D eigenvalue weighted by molar-refractivity contribution is -0.319. The van der Waals surface area contributed by atoms with Gasteiger partial charge in [-0.2, -0.15) is 0 Å². The molecule has 0 amide bonds. The minimum atomic E-state index is -2.37. The molecule has 2 saturated carbocycles. The van der Waals surface area contributed by atoms with Gasteiger partial charge >= 0.3 is 11.9 Å². The highest BCUT2D eigenvalue weighted by atomic mass is 16.6. The molecule has 9 heteroatoms. The SMILES string of the molecule is CC1=C2[C@@]3(O)C(=O)OC(C)(C)[C@@]2(C[C@@H]2[C@](O)(COC(=O)c4ccccc4)[C@@H](O)C[C@H](O)[C@]23C)[C@H](O)C1. The molecule has 1 aliphatic heterocycles. The molecule has 1 heterocycles. The molecule has 5 rings (SSSR count). The van der Waals surface area contributed by atoms with Gasteiger partial charge in [0.25, 0.3) is 0 Å². The Balaban J connectivity index is 1.65. The van der Waals surface area contributed by atoms with E-state index in [-0.39, 0.29) is 24.8 Å². The monoisotopic (exact) mass is 502 g/mol. The summed E-state index contributed by atoms with van der Waals surface area (Å²) in [5.74, 6) is -2.83. The lowest BCUT2D eigenvalue weighted by Crippen LogP contribution is -2.82. The molecule has 1 saturated heterocycles. The quantitative estimate of drug-likeness (QED) is 0.299. The molecular formula is C27H34O9. The number of benzene rings is 1. The van der Waals surface area contributed by atoms with Crippen LogP contribution in [0.1, 0.15) is 57.3 Å². The maximum absolute atomic E-state index is 13.6. The van der Waals surface area contributed by atoms with Crippen LogP contribution in [0, 0.1) is 16.7 Å². The van der Waals surface area contributed by atoms with Gasteiger partial charge in [-0.1, -0.05) is 30.7 Å². The van der Waals surface area contributed by atoms with E-state index >= 15 is 0 Å². The molecule has 2 bridgehead atoms. The molecule has 5 N–H and O–H groups in total. The Bertz CT molecular complexity index is 1150. The molecule has 0 aromatic heterocycles. The van der Waals surface area contributed by atoms with Crippen LogP contribution in [-0.4, -0.2) is 79.2 Å². The summed E-state index contributed by atoms with van der Waals surface area (Å²) in [6, 6.07) is 8.17. The summed E-state index contributed by atoms with van der Waals surface area (Å²) < 4.78 is 11.2. The van der Waals surface area contributed by atoms with Gasteiger partial charge in [0.05, 0.1) is 29.3 Å². The van der Waals surface area contributed by atoms with Crippen LogP contribution in [0.2, 0.25) is 0 Å². The van der Waals surface area contributed by atoms with Crippen LogP contribution in [0.5, 0.6) is 0 Å². The van der Waals surface area contributed by atoms with Gasteiger partial charge in [-0.3, -0.25) is 0 Å².